The zero-order valence-corrected chi connectivity index (χ0v) is 9.90. The molecule has 17 heavy (non-hydrogen) atoms. The van der Waals surface area contributed by atoms with Crippen LogP contribution in [0.4, 0.5) is 0 Å². The molecule has 0 unspecified atom stereocenters. The summed E-state index contributed by atoms with van der Waals surface area (Å²) < 4.78 is 0. The number of aromatic nitrogens is 1. The van der Waals surface area contributed by atoms with E-state index in [2.05, 4.69) is 22.8 Å². The van der Waals surface area contributed by atoms with E-state index in [4.69, 9.17) is 0 Å². The minimum Gasteiger partial charge on any atom is -0.273 e. The summed E-state index contributed by atoms with van der Waals surface area (Å²) in [4.78, 5) is 26.6. The van der Waals surface area contributed by atoms with Gasteiger partial charge in [0, 0.05) is 18.8 Å². The van der Waals surface area contributed by atoms with Gasteiger partial charge in [-0.15, -0.1) is 0 Å². The number of unbranched alkanes of at least 4 members (excludes halogenated alkanes) is 2. The van der Waals surface area contributed by atoms with Crippen molar-refractivity contribution in [3.05, 3.63) is 30.1 Å². The highest BCUT2D eigenvalue weighted by Crippen LogP contribution is 1.98. The second kappa shape index (κ2) is 7.38. The molecule has 0 radical (unpaired) electrons. The van der Waals surface area contributed by atoms with Crippen molar-refractivity contribution in [3.63, 3.8) is 0 Å². The van der Waals surface area contributed by atoms with E-state index in [1.54, 1.807) is 18.3 Å². The Morgan fingerprint density at radius 2 is 2.12 bits per heavy atom. The number of carbonyl (C=O) groups excluding carboxylic acids is 2. The molecule has 1 aromatic heterocycles. The van der Waals surface area contributed by atoms with Crippen molar-refractivity contribution >= 4 is 11.8 Å². The Kier molecular flexibility index (Phi) is 5.71. The molecule has 1 heterocycles. The van der Waals surface area contributed by atoms with Crippen molar-refractivity contribution in [1.82, 2.24) is 15.8 Å². The summed E-state index contributed by atoms with van der Waals surface area (Å²) in [7, 11) is 0. The van der Waals surface area contributed by atoms with Crippen LogP contribution >= 0.6 is 0 Å². The number of hydrogen-bond acceptors (Lipinski definition) is 3. The van der Waals surface area contributed by atoms with Crippen LogP contribution in [0, 0.1) is 0 Å². The average molecular weight is 235 g/mol. The van der Waals surface area contributed by atoms with Gasteiger partial charge in [0.1, 0.15) is 0 Å². The lowest BCUT2D eigenvalue weighted by molar-refractivity contribution is -0.121. The van der Waals surface area contributed by atoms with E-state index in [0.717, 1.165) is 19.3 Å². The quantitative estimate of drug-likeness (QED) is 0.599. The molecule has 0 aliphatic heterocycles. The van der Waals surface area contributed by atoms with E-state index < -0.39 is 0 Å². The largest absolute Gasteiger partial charge is 0.273 e. The molecular weight excluding hydrogens is 218 g/mol. The zero-order valence-electron chi connectivity index (χ0n) is 9.90. The zero-order chi connectivity index (χ0) is 12.5. The van der Waals surface area contributed by atoms with E-state index in [-0.39, 0.29) is 11.8 Å². The molecule has 0 aliphatic carbocycles. The highest BCUT2D eigenvalue weighted by atomic mass is 16.2. The van der Waals surface area contributed by atoms with Gasteiger partial charge in [0.15, 0.2) is 0 Å². The summed E-state index contributed by atoms with van der Waals surface area (Å²) in [5.41, 5.74) is 5.14. The maximum atomic E-state index is 11.5. The molecule has 0 aliphatic rings. The van der Waals surface area contributed by atoms with Gasteiger partial charge < -0.3 is 0 Å². The van der Waals surface area contributed by atoms with Crippen molar-refractivity contribution in [2.45, 2.75) is 32.6 Å². The third-order valence-electron chi connectivity index (χ3n) is 2.25. The van der Waals surface area contributed by atoms with Crippen LogP contribution in [-0.2, 0) is 4.79 Å². The highest BCUT2D eigenvalue weighted by molar-refractivity contribution is 5.94. The molecule has 0 atom stereocenters. The molecule has 0 fully saturated rings. The number of hydrogen-bond donors (Lipinski definition) is 2. The highest BCUT2D eigenvalue weighted by Gasteiger charge is 2.06. The van der Waals surface area contributed by atoms with Gasteiger partial charge in [-0.05, 0) is 18.6 Å². The Morgan fingerprint density at radius 1 is 1.29 bits per heavy atom. The van der Waals surface area contributed by atoms with Gasteiger partial charge in [-0.1, -0.05) is 19.8 Å². The number of amides is 2. The van der Waals surface area contributed by atoms with Gasteiger partial charge in [-0.25, -0.2) is 0 Å². The molecule has 1 rings (SSSR count). The second-order valence-electron chi connectivity index (χ2n) is 3.70. The minimum absolute atomic E-state index is 0.171. The van der Waals surface area contributed by atoms with Crippen molar-refractivity contribution in [2.24, 2.45) is 0 Å². The van der Waals surface area contributed by atoms with E-state index in [1.807, 2.05) is 0 Å². The van der Waals surface area contributed by atoms with Crippen molar-refractivity contribution < 1.29 is 9.59 Å². The molecular formula is C12H17N3O2. The Labute approximate surface area is 101 Å². The SMILES string of the molecule is CCCCCC(=O)NNC(=O)c1cccnc1. The first-order chi connectivity index (χ1) is 8.24. The molecule has 2 N–H and O–H groups in total. The maximum absolute atomic E-state index is 11.5. The summed E-state index contributed by atoms with van der Waals surface area (Å²) in [6.07, 6.45) is 6.38. The monoisotopic (exact) mass is 235 g/mol. The smallest absolute Gasteiger partial charge is 0.271 e. The van der Waals surface area contributed by atoms with E-state index in [1.165, 1.54) is 6.20 Å². The predicted molar refractivity (Wildman–Crippen MR) is 64.0 cm³/mol. The molecule has 92 valence electrons. The van der Waals surface area contributed by atoms with Crippen molar-refractivity contribution in [1.29, 1.82) is 0 Å². The molecule has 5 heteroatoms. The summed E-state index contributed by atoms with van der Waals surface area (Å²) in [6.45, 7) is 2.07. The van der Waals surface area contributed by atoms with Gasteiger partial charge in [0.05, 0.1) is 5.56 Å². The number of rotatable bonds is 5. The molecule has 0 spiro atoms. The fraction of sp³-hybridized carbons (Fsp3) is 0.417. The fourth-order valence-corrected chi connectivity index (χ4v) is 1.29. The third-order valence-corrected chi connectivity index (χ3v) is 2.25. The van der Waals surface area contributed by atoms with Crippen LogP contribution in [0.3, 0.4) is 0 Å². The van der Waals surface area contributed by atoms with Gasteiger partial charge >= 0.3 is 0 Å². The third kappa shape index (κ3) is 5.10. The Bertz CT molecular complexity index is 365. The molecule has 5 nitrogen and oxygen atoms in total. The van der Waals surface area contributed by atoms with Gasteiger partial charge in [-0.3, -0.25) is 25.4 Å². The van der Waals surface area contributed by atoms with Crippen LogP contribution in [0.25, 0.3) is 0 Å². The number of nitrogens with zero attached hydrogens (tertiary/aromatic N) is 1. The number of hydrazine groups is 1. The lowest BCUT2D eigenvalue weighted by Crippen LogP contribution is -2.41. The van der Waals surface area contributed by atoms with E-state index in [0.29, 0.717) is 12.0 Å². The molecule has 0 aromatic carbocycles. The van der Waals surface area contributed by atoms with Gasteiger partial charge in [-0.2, -0.15) is 0 Å². The normalized spacial score (nSPS) is 9.71. The summed E-state index contributed by atoms with van der Waals surface area (Å²) in [6, 6.07) is 3.30. The number of nitrogens with one attached hydrogen (secondary N) is 2. The lowest BCUT2D eigenvalue weighted by Gasteiger charge is -2.06. The van der Waals surface area contributed by atoms with Crippen LogP contribution < -0.4 is 10.9 Å². The second-order valence-corrected chi connectivity index (χ2v) is 3.70. The minimum atomic E-state index is -0.359. The van der Waals surface area contributed by atoms with Gasteiger partial charge in [0.2, 0.25) is 5.91 Å². The first kappa shape index (κ1) is 13.2. The van der Waals surface area contributed by atoms with Gasteiger partial charge in [0.25, 0.3) is 5.91 Å². The maximum Gasteiger partial charge on any atom is 0.271 e. The first-order valence-corrected chi connectivity index (χ1v) is 5.73. The van der Waals surface area contributed by atoms with Crippen LogP contribution in [0.5, 0.6) is 0 Å². The van der Waals surface area contributed by atoms with E-state index >= 15 is 0 Å². The summed E-state index contributed by atoms with van der Waals surface area (Å²) in [5, 5.41) is 0. The lowest BCUT2D eigenvalue weighted by atomic mass is 10.2. The summed E-state index contributed by atoms with van der Waals surface area (Å²) in [5.74, 6) is -0.530. The topological polar surface area (TPSA) is 71.1 Å². The first-order valence-electron chi connectivity index (χ1n) is 5.73. The molecule has 2 amide bonds. The van der Waals surface area contributed by atoms with Crippen molar-refractivity contribution in [2.75, 3.05) is 0 Å². The van der Waals surface area contributed by atoms with Crippen molar-refractivity contribution in [3.8, 4) is 0 Å². The molecule has 0 saturated carbocycles. The Balaban J connectivity index is 2.26. The summed E-state index contributed by atoms with van der Waals surface area (Å²) >= 11 is 0. The van der Waals surface area contributed by atoms with Crippen LogP contribution in [0.1, 0.15) is 43.0 Å². The predicted octanol–water partition coefficient (Wildman–Crippen LogP) is 1.42. The standard InChI is InChI=1S/C12H17N3O2/c1-2-3-4-7-11(16)14-15-12(17)10-6-5-8-13-9-10/h5-6,8-9H,2-4,7H2,1H3,(H,14,16)(H,15,17). The van der Waals surface area contributed by atoms with E-state index in [9.17, 15) is 9.59 Å². The Morgan fingerprint density at radius 3 is 2.76 bits per heavy atom. The molecule has 0 saturated heterocycles. The fourth-order valence-electron chi connectivity index (χ4n) is 1.29. The molecule has 1 aromatic rings. The number of carbonyl (C=O) groups is 2. The molecule has 0 bridgehead atoms. The van der Waals surface area contributed by atoms with Crippen LogP contribution in [0.15, 0.2) is 24.5 Å². The van der Waals surface area contributed by atoms with Crippen LogP contribution in [-0.4, -0.2) is 16.8 Å². The van der Waals surface area contributed by atoms with Crippen LogP contribution in [0.2, 0.25) is 0 Å². The number of pyridine rings is 1. The average Bonchev–Trinajstić information content (AvgIpc) is 2.37. The Hall–Kier alpha value is -1.91.